The lowest BCUT2D eigenvalue weighted by atomic mass is 10.2. The number of anilines is 1. The molecule has 2 N–H and O–H groups in total. The van der Waals surface area contributed by atoms with Gasteiger partial charge in [-0.15, -0.1) is 0 Å². The van der Waals surface area contributed by atoms with Gasteiger partial charge in [0.05, 0.1) is 24.3 Å². The number of nitrogens with zero attached hydrogens (tertiary/aromatic N) is 3. The van der Waals surface area contributed by atoms with Gasteiger partial charge in [0.2, 0.25) is 5.95 Å². The number of aromatic nitrogens is 2. The number of hydrogen-bond donors (Lipinski definition) is 2. The van der Waals surface area contributed by atoms with Gasteiger partial charge in [0.1, 0.15) is 5.75 Å². The molecule has 2 aromatic rings. The van der Waals surface area contributed by atoms with E-state index in [9.17, 15) is 20.0 Å². The molecular weight excluding hydrogens is 306 g/mol. The molecule has 0 saturated carbocycles. The Kier molecular flexibility index (Phi) is 4.55. The summed E-state index contributed by atoms with van der Waals surface area (Å²) in [5, 5.41) is 26.6. The number of methoxy groups -OCH3 is 1. The number of nitro benzene ring substituents is 1. The predicted molar refractivity (Wildman–Crippen MR) is 79.9 cm³/mol. The molecular formula is C13H12N5O5-. The molecule has 0 radical (unpaired) electrons. The van der Waals surface area contributed by atoms with Crippen LogP contribution in [-0.2, 0) is 0 Å². The lowest BCUT2D eigenvalue weighted by Crippen LogP contribution is -2.10. The van der Waals surface area contributed by atoms with Crippen molar-refractivity contribution in [2.24, 2.45) is 5.10 Å². The maximum Gasteiger partial charge on any atom is 0.273 e. The van der Waals surface area contributed by atoms with Gasteiger partial charge in [-0.05, 0) is 12.5 Å². The van der Waals surface area contributed by atoms with E-state index in [1.54, 1.807) is 6.92 Å². The second-order valence-corrected chi connectivity index (χ2v) is 4.43. The molecule has 0 aliphatic carbocycles. The minimum atomic E-state index is -0.647. The SMILES string of the molecule is COc1cc([N+](=O)[O-])cc(/C=N/Nc2nc(C)cc(=O)[nH]2)c1[O-]. The lowest BCUT2D eigenvalue weighted by molar-refractivity contribution is -0.385. The summed E-state index contributed by atoms with van der Waals surface area (Å²) in [6, 6.07) is 3.41. The van der Waals surface area contributed by atoms with Crippen molar-refractivity contribution in [2.75, 3.05) is 12.5 Å². The average Bonchev–Trinajstić information content (AvgIpc) is 2.47. The van der Waals surface area contributed by atoms with Crippen molar-refractivity contribution in [3.05, 3.63) is 49.9 Å². The fourth-order valence-corrected chi connectivity index (χ4v) is 1.76. The van der Waals surface area contributed by atoms with Crippen LogP contribution in [0.2, 0.25) is 0 Å². The zero-order chi connectivity index (χ0) is 17.0. The highest BCUT2D eigenvalue weighted by Gasteiger charge is 2.11. The molecule has 0 spiro atoms. The van der Waals surface area contributed by atoms with Crippen LogP contribution < -0.4 is 20.8 Å². The monoisotopic (exact) mass is 318 g/mol. The van der Waals surface area contributed by atoms with E-state index < -0.39 is 10.7 Å². The number of nitrogens with one attached hydrogen (secondary N) is 2. The number of ether oxygens (including phenoxy) is 1. The van der Waals surface area contributed by atoms with Gasteiger partial charge < -0.3 is 9.84 Å². The second-order valence-electron chi connectivity index (χ2n) is 4.43. The highest BCUT2D eigenvalue weighted by Crippen LogP contribution is 2.31. The molecule has 2 rings (SSSR count). The van der Waals surface area contributed by atoms with E-state index >= 15 is 0 Å². The Balaban J connectivity index is 2.29. The molecule has 0 atom stereocenters. The summed E-state index contributed by atoms with van der Waals surface area (Å²) < 4.78 is 4.81. The van der Waals surface area contributed by atoms with Crippen molar-refractivity contribution >= 4 is 17.9 Å². The summed E-state index contributed by atoms with van der Waals surface area (Å²) in [6.45, 7) is 1.63. The van der Waals surface area contributed by atoms with E-state index in [1.165, 1.54) is 13.2 Å². The molecule has 120 valence electrons. The van der Waals surface area contributed by atoms with Gasteiger partial charge in [-0.25, -0.2) is 10.4 Å². The Morgan fingerprint density at radius 2 is 2.17 bits per heavy atom. The molecule has 0 saturated heterocycles. The zero-order valence-corrected chi connectivity index (χ0v) is 12.2. The Morgan fingerprint density at radius 3 is 2.78 bits per heavy atom. The topological polar surface area (TPSA) is 146 Å². The average molecular weight is 318 g/mol. The molecule has 0 unspecified atom stereocenters. The van der Waals surface area contributed by atoms with Crippen LogP contribution in [-0.4, -0.2) is 28.2 Å². The maximum atomic E-state index is 12.0. The Bertz CT molecular complexity index is 830. The van der Waals surface area contributed by atoms with Crippen LogP contribution in [0.4, 0.5) is 11.6 Å². The first-order valence-electron chi connectivity index (χ1n) is 6.31. The summed E-state index contributed by atoms with van der Waals surface area (Å²) in [5.74, 6) is -0.631. The fourth-order valence-electron chi connectivity index (χ4n) is 1.76. The maximum absolute atomic E-state index is 12.0. The quantitative estimate of drug-likeness (QED) is 0.464. The minimum Gasteiger partial charge on any atom is -0.870 e. The van der Waals surface area contributed by atoms with E-state index in [0.717, 1.165) is 18.3 Å². The Morgan fingerprint density at radius 1 is 1.43 bits per heavy atom. The van der Waals surface area contributed by atoms with Crippen LogP contribution in [0.1, 0.15) is 11.3 Å². The normalized spacial score (nSPS) is 10.7. The van der Waals surface area contributed by atoms with Gasteiger partial charge in [0.15, 0.2) is 0 Å². The molecule has 10 nitrogen and oxygen atoms in total. The molecule has 1 heterocycles. The first-order chi connectivity index (χ1) is 10.9. The van der Waals surface area contributed by atoms with Gasteiger partial charge in [0.25, 0.3) is 11.2 Å². The van der Waals surface area contributed by atoms with Crippen LogP contribution >= 0.6 is 0 Å². The predicted octanol–water partition coefficient (Wildman–Crippen LogP) is 0.515. The number of nitro groups is 1. The molecule has 10 heteroatoms. The van der Waals surface area contributed by atoms with E-state index in [2.05, 4.69) is 20.5 Å². The van der Waals surface area contributed by atoms with Gasteiger partial charge in [-0.2, -0.15) is 5.10 Å². The Hall–Kier alpha value is -3.43. The number of hydrogen-bond acceptors (Lipinski definition) is 8. The van der Waals surface area contributed by atoms with Crippen LogP contribution in [0.3, 0.4) is 0 Å². The van der Waals surface area contributed by atoms with Crippen LogP contribution in [0.25, 0.3) is 0 Å². The number of H-pyrrole nitrogens is 1. The number of hydrazone groups is 1. The Labute approximate surface area is 129 Å². The van der Waals surface area contributed by atoms with Crippen molar-refractivity contribution in [3.8, 4) is 11.5 Å². The van der Waals surface area contributed by atoms with E-state index in [1.807, 2.05) is 0 Å². The van der Waals surface area contributed by atoms with Gasteiger partial charge in [-0.1, -0.05) is 5.75 Å². The number of rotatable bonds is 5. The summed E-state index contributed by atoms with van der Waals surface area (Å²) in [5.41, 5.74) is 2.21. The van der Waals surface area contributed by atoms with Gasteiger partial charge in [-0.3, -0.25) is 19.9 Å². The number of aromatic amines is 1. The van der Waals surface area contributed by atoms with Crippen molar-refractivity contribution in [1.29, 1.82) is 0 Å². The first-order valence-corrected chi connectivity index (χ1v) is 6.31. The third-order valence-corrected chi connectivity index (χ3v) is 2.74. The number of benzene rings is 1. The molecule has 1 aromatic carbocycles. The molecule has 0 aliphatic rings. The van der Waals surface area contributed by atoms with E-state index in [-0.39, 0.29) is 28.5 Å². The van der Waals surface area contributed by atoms with Crippen LogP contribution in [0.15, 0.2) is 28.1 Å². The molecule has 23 heavy (non-hydrogen) atoms. The highest BCUT2D eigenvalue weighted by molar-refractivity contribution is 5.86. The molecule has 0 bridgehead atoms. The van der Waals surface area contributed by atoms with E-state index in [0.29, 0.717) is 5.69 Å². The standard InChI is InChI=1S/C13H13N5O5/c1-7-3-11(19)16-13(15-7)17-14-6-8-4-9(18(21)22)5-10(23-2)12(8)20/h3-6,20H,1-2H3,(H2,15,16,17,19)/p-1/b14-6+. The number of non-ortho nitro benzene ring substituents is 1. The second kappa shape index (κ2) is 6.56. The highest BCUT2D eigenvalue weighted by atomic mass is 16.6. The molecule has 1 aromatic heterocycles. The van der Waals surface area contributed by atoms with Crippen molar-refractivity contribution in [1.82, 2.24) is 9.97 Å². The summed E-state index contributed by atoms with van der Waals surface area (Å²) in [7, 11) is 1.24. The first kappa shape index (κ1) is 15.9. The summed E-state index contributed by atoms with van der Waals surface area (Å²) >= 11 is 0. The third kappa shape index (κ3) is 3.81. The number of aryl methyl sites for hydroxylation is 1. The summed E-state index contributed by atoms with van der Waals surface area (Å²) in [6.07, 6.45) is 1.08. The van der Waals surface area contributed by atoms with Crippen LogP contribution in [0, 0.1) is 17.0 Å². The van der Waals surface area contributed by atoms with Crippen molar-refractivity contribution in [3.63, 3.8) is 0 Å². The van der Waals surface area contributed by atoms with Gasteiger partial charge in [0, 0.05) is 17.8 Å². The van der Waals surface area contributed by atoms with Crippen molar-refractivity contribution in [2.45, 2.75) is 6.92 Å². The molecule has 0 aliphatic heterocycles. The van der Waals surface area contributed by atoms with E-state index in [4.69, 9.17) is 4.74 Å². The summed E-state index contributed by atoms with van der Waals surface area (Å²) in [4.78, 5) is 27.8. The van der Waals surface area contributed by atoms with Gasteiger partial charge >= 0.3 is 0 Å². The minimum absolute atomic E-state index is 0.0430. The van der Waals surface area contributed by atoms with Crippen molar-refractivity contribution < 1.29 is 14.8 Å². The fraction of sp³-hybridized carbons (Fsp3) is 0.154. The largest absolute Gasteiger partial charge is 0.870 e. The molecule has 0 amide bonds. The smallest absolute Gasteiger partial charge is 0.273 e. The van der Waals surface area contributed by atoms with Crippen LogP contribution in [0.5, 0.6) is 11.5 Å². The lowest BCUT2D eigenvalue weighted by Gasteiger charge is -2.14. The third-order valence-electron chi connectivity index (χ3n) is 2.74. The molecule has 0 fully saturated rings. The zero-order valence-electron chi connectivity index (χ0n) is 12.2.